The van der Waals surface area contributed by atoms with Crippen LogP contribution in [0.3, 0.4) is 0 Å². The van der Waals surface area contributed by atoms with E-state index in [4.69, 9.17) is 9.47 Å². The summed E-state index contributed by atoms with van der Waals surface area (Å²) < 4.78 is 13.9. The number of halogens is 1. The summed E-state index contributed by atoms with van der Waals surface area (Å²) in [6.45, 7) is 0.255. The number of rotatable bonds is 4. The SMILES string of the molecule is Brc1ccc(-c2cs/c(=N/N=C\c3ccc4c(c3)OCO4)n2-c2ccccc2)cc1. The number of hydrogen-bond acceptors (Lipinski definition) is 5. The van der Waals surface area contributed by atoms with Gasteiger partial charge in [0.05, 0.1) is 11.9 Å². The van der Waals surface area contributed by atoms with E-state index in [0.717, 1.165) is 43.3 Å². The molecule has 0 spiro atoms. The Balaban J connectivity index is 1.55. The average molecular weight is 478 g/mol. The first-order valence-corrected chi connectivity index (χ1v) is 10.9. The third-order valence-electron chi connectivity index (χ3n) is 4.61. The molecular weight excluding hydrogens is 462 g/mol. The van der Waals surface area contributed by atoms with E-state index in [1.807, 2.05) is 48.5 Å². The van der Waals surface area contributed by atoms with E-state index in [1.54, 1.807) is 17.6 Å². The third-order valence-corrected chi connectivity index (χ3v) is 5.95. The number of nitrogens with zero attached hydrogens (tertiary/aromatic N) is 3. The Morgan fingerprint density at radius 1 is 0.933 bits per heavy atom. The molecule has 0 N–H and O–H groups in total. The summed E-state index contributed by atoms with van der Waals surface area (Å²) in [4.78, 5) is 0.788. The number of aromatic nitrogens is 1. The molecule has 0 fully saturated rings. The first-order valence-electron chi connectivity index (χ1n) is 9.26. The monoisotopic (exact) mass is 477 g/mol. The zero-order chi connectivity index (χ0) is 20.3. The highest BCUT2D eigenvalue weighted by Crippen LogP contribution is 2.32. The Morgan fingerprint density at radius 3 is 2.57 bits per heavy atom. The van der Waals surface area contributed by atoms with Gasteiger partial charge in [-0.2, -0.15) is 5.10 Å². The molecule has 5 rings (SSSR count). The summed E-state index contributed by atoms with van der Waals surface area (Å²) in [7, 11) is 0. The van der Waals surface area contributed by atoms with Crippen LogP contribution in [0.15, 0.2) is 92.9 Å². The van der Waals surface area contributed by atoms with Crippen molar-refractivity contribution in [3.8, 4) is 28.4 Å². The van der Waals surface area contributed by atoms with Crippen molar-refractivity contribution in [1.29, 1.82) is 0 Å². The second kappa shape index (κ2) is 8.30. The molecule has 1 aromatic heterocycles. The van der Waals surface area contributed by atoms with Gasteiger partial charge in [0.25, 0.3) is 0 Å². The van der Waals surface area contributed by atoms with Crippen LogP contribution in [-0.4, -0.2) is 17.6 Å². The maximum absolute atomic E-state index is 5.42. The molecule has 148 valence electrons. The molecular formula is C23H16BrN3O2S. The van der Waals surface area contributed by atoms with E-state index in [9.17, 15) is 0 Å². The summed E-state index contributed by atoms with van der Waals surface area (Å²) in [6.07, 6.45) is 1.72. The smallest absolute Gasteiger partial charge is 0.231 e. The van der Waals surface area contributed by atoms with Crippen LogP contribution in [0.25, 0.3) is 16.9 Å². The summed E-state index contributed by atoms with van der Waals surface area (Å²) in [5.41, 5.74) is 4.11. The number of ether oxygens (including phenoxy) is 2. The summed E-state index contributed by atoms with van der Waals surface area (Å²) in [5.74, 6) is 1.48. The normalized spacial score (nSPS) is 13.3. The van der Waals surface area contributed by atoms with Crippen molar-refractivity contribution in [3.63, 3.8) is 0 Å². The largest absolute Gasteiger partial charge is 0.454 e. The lowest BCUT2D eigenvalue weighted by Gasteiger charge is -2.09. The van der Waals surface area contributed by atoms with Crippen molar-refractivity contribution >= 4 is 33.5 Å². The van der Waals surface area contributed by atoms with Crippen LogP contribution < -0.4 is 14.3 Å². The van der Waals surface area contributed by atoms with Crippen LogP contribution in [0, 0.1) is 0 Å². The van der Waals surface area contributed by atoms with E-state index in [1.165, 1.54) is 0 Å². The Labute approximate surface area is 185 Å². The topological polar surface area (TPSA) is 48.1 Å². The van der Waals surface area contributed by atoms with E-state index in [-0.39, 0.29) is 6.79 Å². The van der Waals surface area contributed by atoms with Crippen molar-refractivity contribution in [3.05, 3.63) is 93.0 Å². The molecule has 30 heavy (non-hydrogen) atoms. The zero-order valence-electron chi connectivity index (χ0n) is 15.7. The molecule has 0 bridgehead atoms. The second-order valence-electron chi connectivity index (χ2n) is 6.54. The molecule has 0 radical (unpaired) electrons. The minimum Gasteiger partial charge on any atom is -0.454 e. The van der Waals surface area contributed by atoms with Gasteiger partial charge in [-0.05, 0) is 53.6 Å². The van der Waals surface area contributed by atoms with Gasteiger partial charge in [0.15, 0.2) is 11.5 Å². The maximum atomic E-state index is 5.42. The van der Waals surface area contributed by atoms with Crippen LogP contribution in [0.1, 0.15) is 5.56 Å². The molecule has 2 heterocycles. The van der Waals surface area contributed by atoms with Gasteiger partial charge in [0.1, 0.15) is 0 Å². The first-order chi connectivity index (χ1) is 14.8. The fourth-order valence-electron chi connectivity index (χ4n) is 3.17. The third kappa shape index (κ3) is 3.81. The molecule has 0 saturated carbocycles. The lowest BCUT2D eigenvalue weighted by Crippen LogP contribution is -2.13. The molecule has 1 aliphatic rings. The Hall–Kier alpha value is -3.16. The van der Waals surface area contributed by atoms with Crippen LogP contribution in [0.4, 0.5) is 0 Å². The van der Waals surface area contributed by atoms with Crippen molar-refractivity contribution in [2.24, 2.45) is 10.2 Å². The van der Waals surface area contributed by atoms with E-state index in [0.29, 0.717) is 0 Å². The number of hydrogen-bond donors (Lipinski definition) is 0. The fourth-order valence-corrected chi connectivity index (χ4v) is 4.29. The van der Waals surface area contributed by atoms with Crippen molar-refractivity contribution < 1.29 is 9.47 Å². The van der Waals surface area contributed by atoms with Gasteiger partial charge in [-0.15, -0.1) is 16.4 Å². The van der Waals surface area contributed by atoms with E-state index in [2.05, 4.69) is 60.3 Å². The minimum absolute atomic E-state index is 0.255. The van der Waals surface area contributed by atoms with Crippen LogP contribution >= 0.6 is 27.3 Å². The predicted molar refractivity (Wildman–Crippen MR) is 123 cm³/mol. The number of para-hydroxylation sites is 1. The molecule has 7 heteroatoms. The van der Waals surface area contributed by atoms with Crippen LogP contribution in [0.2, 0.25) is 0 Å². The van der Waals surface area contributed by atoms with Gasteiger partial charge in [0, 0.05) is 15.5 Å². The quantitative estimate of drug-likeness (QED) is 0.282. The zero-order valence-corrected chi connectivity index (χ0v) is 18.1. The highest BCUT2D eigenvalue weighted by molar-refractivity contribution is 9.10. The second-order valence-corrected chi connectivity index (χ2v) is 8.29. The minimum atomic E-state index is 0.255. The number of benzene rings is 3. The Kier molecular flexibility index (Phi) is 5.21. The Morgan fingerprint density at radius 2 is 1.73 bits per heavy atom. The lowest BCUT2D eigenvalue weighted by molar-refractivity contribution is 0.174. The lowest BCUT2D eigenvalue weighted by atomic mass is 10.1. The molecule has 3 aromatic carbocycles. The molecule has 0 amide bonds. The van der Waals surface area contributed by atoms with Gasteiger partial charge in [-0.3, -0.25) is 4.57 Å². The standard InChI is InChI=1S/C23H16BrN3O2S/c24-18-9-7-17(8-10-18)20-14-30-23(27(20)19-4-2-1-3-5-19)26-25-13-16-6-11-21-22(12-16)29-15-28-21/h1-14H,15H2/b25-13-,26-23+. The molecule has 5 nitrogen and oxygen atoms in total. The predicted octanol–water partition coefficient (Wildman–Crippen LogP) is 5.63. The summed E-state index contributed by atoms with van der Waals surface area (Å²) >= 11 is 5.05. The van der Waals surface area contributed by atoms with E-state index < -0.39 is 0 Å². The van der Waals surface area contributed by atoms with Gasteiger partial charge in [0.2, 0.25) is 11.6 Å². The highest BCUT2D eigenvalue weighted by Gasteiger charge is 2.12. The highest BCUT2D eigenvalue weighted by atomic mass is 79.9. The molecule has 0 atom stereocenters. The molecule has 0 saturated heterocycles. The van der Waals surface area contributed by atoms with Gasteiger partial charge < -0.3 is 9.47 Å². The fraction of sp³-hybridized carbons (Fsp3) is 0.0435. The molecule has 4 aromatic rings. The first kappa shape index (κ1) is 18.8. The van der Waals surface area contributed by atoms with Crippen molar-refractivity contribution in [2.75, 3.05) is 6.79 Å². The molecule has 0 aliphatic carbocycles. The van der Waals surface area contributed by atoms with E-state index >= 15 is 0 Å². The van der Waals surface area contributed by atoms with Crippen LogP contribution in [0.5, 0.6) is 11.5 Å². The maximum Gasteiger partial charge on any atom is 0.231 e. The van der Waals surface area contributed by atoms with Crippen LogP contribution in [-0.2, 0) is 0 Å². The van der Waals surface area contributed by atoms with Crippen molar-refractivity contribution in [1.82, 2.24) is 4.57 Å². The molecule has 1 aliphatic heterocycles. The Bertz CT molecular complexity index is 1280. The average Bonchev–Trinajstić information content (AvgIpc) is 3.42. The van der Waals surface area contributed by atoms with Gasteiger partial charge in [-0.1, -0.05) is 46.3 Å². The number of fused-ring (bicyclic) bond motifs is 1. The summed E-state index contributed by atoms with van der Waals surface area (Å²) in [5, 5.41) is 10.9. The van der Waals surface area contributed by atoms with Gasteiger partial charge in [-0.25, -0.2) is 0 Å². The number of thiazole rings is 1. The molecule has 0 unspecified atom stereocenters. The van der Waals surface area contributed by atoms with Crippen molar-refractivity contribution in [2.45, 2.75) is 0 Å². The van der Waals surface area contributed by atoms with Gasteiger partial charge >= 0.3 is 0 Å². The summed E-state index contributed by atoms with van der Waals surface area (Å²) in [6, 6.07) is 24.1.